The Balaban J connectivity index is 2.31. The molecule has 0 bridgehead atoms. The Morgan fingerprint density at radius 2 is 1.95 bits per heavy atom. The SMILES string of the molecule is CCOc1cc(C)c(Cl)cc1S(=O)(=O)NC1CCCCC1. The molecule has 0 aliphatic heterocycles. The van der Waals surface area contributed by atoms with Crippen LogP contribution in [0.5, 0.6) is 5.75 Å². The van der Waals surface area contributed by atoms with Gasteiger partial charge in [0.2, 0.25) is 10.0 Å². The van der Waals surface area contributed by atoms with Gasteiger partial charge in [-0.3, -0.25) is 0 Å². The molecule has 21 heavy (non-hydrogen) atoms. The molecule has 1 aliphatic rings. The van der Waals surface area contributed by atoms with Crippen molar-refractivity contribution in [2.45, 2.75) is 56.9 Å². The smallest absolute Gasteiger partial charge is 0.244 e. The third-order valence-electron chi connectivity index (χ3n) is 3.74. The van der Waals surface area contributed by atoms with Gasteiger partial charge in [-0.25, -0.2) is 13.1 Å². The highest BCUT2D eigenvalue weighted by atomic mass is 35.5. The first-order valence-corrected chi connectivity index (χ1v) is 9.25. The van der Waals surface area contributed by atoms with Crippen molar-refractivity contribution >= 4 is 21.6 Å². The normalized spacial score (nSPS) is 16.9. The summed E-state index contributed by atoms with van der Waals surface area (Å²) < 4.78 is 33.5. The Bertz CT molecular complexity index is 595. The molecule has 0 aromatic heterocycles. The average Bonchev–Trinajstić information content (AvgIpc) is 2.43. The molecule has 1 N–H and O–H groups in total. The maximum atomic E-state index is 12.6. The molecule has 2 rings (SSSR count). The number of halogens is 1. The van der Waals surface area contributed by atoms with Crippen LogP contribution in [0.3, 0.4) is 0 Å². The molecule has 1 aromatic carbocycles. The summed E-state index contributed by atoms with van der Waals surface area (Å²) >= 11 is 6.09. The maximum absolute atomic E-state index is 12.6. The van der Waals surface area contributed by atoms with Crippen LogP contribution in [0.25, 0.3) is 0 Å². The molecule has 0 amide bonds. The second kappa shape index (κ2) is 6.99. The third kappa shape index (κ3) is 4.11. The monoisotopic (exact) mass is 331 g/mol. The summed E-state index contributed by atoms with van der Waals surface area (Å²) in [5.41, 5.74) is 0.803. The van der Waals surface area contributed by atoms with Crippen molar-refractivity contribution in [1.29, 1.82) is 0 Å². The Hall–Kier alpha value is -0.780. The van der Waals surface area contributed by atoms with Crippen molar-refractivity contribution in [2.24, 2.45) is 0 Å². The molecule has 1 aliphatic carbocycles. The van der Waals surface area contributed by atoms with Gasteiger partial charge in [-0.15, -0.1) is 0 Å². The van der Waals surface area contributed by atoms with Crippen molar-refractivity contribution in [1.82, 2.24) is 4.72 Å². The molecule has 6 heteroatoms. The topological polar surface area (TPSA) is 55.4 Å². The zero-order valence-electron chi connectivity index (χ0n) is 12.5. The largest absolute Gasteiger partial charge is 0.492 e. The molecule has 0 saturated heterocycles. The molecule has 4 nitrogen and oxygen atoms in total. The molecule has 118 valence electrons. The fraction of sp³-hybridized carbons (Fsp3) is 0.600. The van der Waals surface area contributed by atoms with E-state index in [1.165, 1.54) is 12.5 Å². The number of nitrogens with one attached hydrogen (secondary N) is 1. The standard InChI is InChI=1S/C15H22ClNO3S/c1-3-20-14-9-11(2)13(16)10-15(14)21(18,19)17-12-7-5-4-6-8-12/h9-10,12,17H,3-8H2,1-2H3. The van der Waals surface area contributed by atoms with Crippen LogP contribution in [-0.4, -0.2) is 21.1 Å². The predicted molar refractivity (Wildman–Crippen MR) is 84.6 cm³/mol. The summed E-state index contributed by atoms with van der Waals surface area (Å²) in [7, 11) is -3.61. The number of rotatable bonds is 5. The van der Waals surface area contributed by atoms with Gasteiger partial charge < -0.3 is 4.74 Å². The van der Waals surface area contributed by atoms with Crippen molar-refractivity contribution < 1.29 is 13.2 Å². The third-order valence-corrected chi connectivity index (χ3v) is 5.69. The number of ether oxygens (including phenoxy) is 1. The van der Waals surface area contributed by atoms with Crippen LogP contribution in [-0.2, 0) is 10.0 Å². The minimum Gasteiger partial charge on any atom is -0.492 e. The van der Waals surface area contributed by atoms with Gasteiger partial charge in [0, 0.05) is 11.1 Å². The number of hydrogen-bond acceptors (Lipinski definition) is 3. The molecular formula is C15H22ClNO3S. The fourth-order valence-electron chi connectivity index (χ4n) is 2.62. The second-order valence-electron chi connectivity index (χ2n) is 5.44. The zero-order chi connectivity index (χ0) is 15.5. The van der Waals surface area contributed by atoms with Gasteiger partial charge in [-0.05, 0) is 44.4 Å². The van der Waals surface area contributed by atoms with Gasteiger partial charge in [0.05, 0.1) is 6.61 Å². The fourth-order valence-corrected chi connectivity index (χ4v) is 4.30. The van der Waals surface area contributed by atoms with Crippen LogP contribution in [0.1, 0.15) is 44.6 Å². The molecule has 1 aromatic rings. The maximum Gasteiger partial charge on any atom is 0.244 e. The molecule has 0 heterocycles. The van der Waals surface area contributed by atoms with Gasteiger partial charge in [0.25, 0.3) is 0 Å². The van der Waals surface area contributed by atoms with Crippen LogP contribution in [0.2, 0.25) is 5.02 Å². The molecule has 0 spiro atoms. The average molecular weight is 332 g/mol. The van der Waals surface area contributed by atoms with Crippen LogP contribution < -0.4 is 9.46 Å². The van der Waals surface area contributed by atoms with E-state index in [1.54, 1.807) is 6.07 Å². The van der Waals surface area contributed by atoms with Crippen LogP contribution in [0.15, 0.2) is 17.0 Å². The second-order valence-corrected chi connectivity index (χ2v) is 7.53. The van der Waals surface area contributed by atoms with E-state index in [0.717, 1.165) is 31.2 Å². The first-order valence-electron chi connectivity index (χ1n) is 7.39. The lowest BCUT2D eigenvalue weighted by Gasteiger charge is -2.23. The van der Waals surface area contributed by atoms with E-state index in [2.05, 4.69) is 4.72 Å². The van der Waals surface area contributed by atoms with Crippen molar-refractivity contribution in [3.05, 3.63) is 22.7 Å². The summed E-state index contributed by atoms with van der Waals surface area (Å²) in [5, 5.41) is 0.433. The highest BCUT2D eigenvalue weighted by molar-refractivity contribution is 7.89. The van der Waals surface area contributed by atoms with Crippen LogP contribution in [0, 0.1) is 6.92 Å². The lowest BCUT2D eigenvalue weighted by Crippen LogP contribution is -2.36. The quantitative estimate of drug-likeness (QED) is 0.895. The lowest BCUT2D eigenvalue weighted by atomic mass is 9.96. The van der Waals surface area contributed by atoms with Crippen LogP contribution in [0.4, 0.5) is 0 Å². The van der Waals surface area contributed by atoms with E-state index >= 15 is 0 Å². The van der Waals surface area contributed by atoms with Crippen molar-refractivity contribution in [3.63, 3.8) is 0 Å². The molecule has 1 saturated carbocycles. The number of sulfonamides is 1. The number of aryl methyl sites for hydroxylation is 1. The van der Waals surface area contributed by atoms with Crippen molar-refractivity contribution in [3.8, 4) is 5.75 Å². The molecule has 0 unspecified atom stereocenters. The predicted octanol–water partition coefficient (Wildman–Crippen LogP) is 3.66. The van der Waals surface area contributed by atoms with Gasteiger partial charge in [-0.1, -0.05) is 30.9 Å². The number of benzene rings is 1. The Labute approximate surface area is 131 Å². The minimum atomic E-state index is -3.61. The van der Waals surface area contributed by atoms with Crippen molar-refractivity contribution in [2.75, 3.05) is 6.61 Å². The summed E-state index contributed by atoms with van der Waals surface area (Å²) in [6.07, 6.45) is 5.10. The number of hydrogen-bond donors (Lipinski definition) is 1. The van der Waals surface area contributed by atoms with E-state index in [4.69, 9.17) is 16.3 Å². The molecule has 0 radical (unpaired) electrons. The van der Waals surface area contributed by atoms with E-state index in [1.807, 2.05) is 13.8 Å². The summed E-state index contributed by atoms with van der Waals surface area (Å²) in [6.45, 7) is 4.07. The van der Waals surface area contributed by atoms with Gasteiger partial charge in [-0.2, -0.15) is 0 Å². The highest BCUT2D eigenvalue weighted by Gasteiger charge is 2.25. The Morgan fingerprint density at radius 1 is 1.29 bits per heavy atom. The van der Waals surface area contributed by atoms with Gasteiger partial charge >= 0.3 is 0 Å². The van der Waals surface area contributed by atoms with Crippen LogP contribution >= 0.6 is 11.6 Å². The van der Waals surface area contributed by atoms with Gasteiger partial charge in [0.15, 0.2) is 0 Å². The van der Waals surface area contributed by atoms with E-state index in [-0.39, 0.29) is 10.9 Å². The van der Waals surface area contributed by atoms with Gasteiger partial charge in [0.1, 0.15) is 10.6 Å². The van der Waals surface area contributed by atoms with E-state index in [9.17, 15) is 8.42 Å². The molecule has 0 atom stereocenters. The summed E-state index contributed by atoms with van der Waals surface area (Å²) in [4.78, 5) is 0.130. The summed E-state index contributed by atoms with van der Waals surface area (Å²) in [6, 6.07) is 3.17. The van der Waals surface area contributed by atoms with E-state index in [0.29, 0.717) is 17.4 Å². The zero-order valence-corrected chi connectivity index (χ0v) is 14.1. The minimum absolute atomic E-state index is 0.0123. The summed E-state index contributed by atoms with van der Waals surface area (Å²) in [5.74, 6) is 0.364. The first kappa shape index (κ1) is 16.6. The molecular weight excluding hydrogens is 310 g/mol. The Morgan fingerprint density at radius 3 is 2.57 bits per heavy atom. The van der Waals surface area contributed by atoms with E-state index < -0.39 is 10.0 Å². The first-order chi connectivity index (χ1) is 9.94. The highest BCUT2D eigenvalue weighted by Crippen LogP contribution is 2.31. The lowest BCUT2D eigenvalue weighted by molar-refractivity contribution is 0.330. The Kier molecular flexibility index (Phi) is 5.52. The molecule has 1 fully saturated rings.